The molecule has 104 valence electrons. The topological polar surface area (TPSA) is 82.2 Å². The van der Waals surface area contributed by atoms with Gasteiger partial charge in [0.1, 0.15) is 17.3 Å². The molecule has 2 aromatic rings. The van der Waals surface area contributed by atoms with Crippen molar-refractivity contribution in [2.75, 3.05) is 5.32 Å². The second-order valence-electron chi connectivity index (χ2n) is 4.12. The lowest BCUT2D eigenvalue weighted by Gasteiger charge is -2.05. The highest BCUT2D eigenvalue weighted by Gasteiger charge is 2.18. The van der Waals surface area contributed by atoms with E-state index >= 15 is 0 Å². The van der Waals surface area contributed by atoms with E-state index in [1.54, 1.807) is 6.92 Å². The van der Waals surface area contributed by atoms with Gasteiger partial charge in [-0.2, -0.15) is 0 Å². The summed E-state index contributed by atoms with van der Waals surface area (Å²) in [5.41, 5.74) is -0.228. The molecule has 0 aliphatic rings. The Bertz CT molecular complexity index is 695. The van der Waals surface area contributed by atoms with E-state index in [-0.39, 0.29) is 11.4 Å². The highest BCUT2D eigenvalue weighted by molar-refractivity contribution is 6.07. The number of anilines is 1. The highest BCUT2D eigenvalue weighted by atomic mass is 19.1. The molecule has 1 amide bonds. The second kappa shape index (κ2) is 5.12. The van der Waals surface area contributed by atoms with Crippen molar-refractivity contribution in [1.29, 1.82) is 0 Å². The number of aromatic nitrogens is 1. The number of hydrogen-bond donors (Lipinski definition) is 3. The number of carboxylic acid groups (broad SMARTS) is 1. The SMILES string of the molecule is Cc1cc(NC(=O)c2cc(F)ccc2F)c(C(=O)O)[nH]1. The Morgan fingerprint density at radius 3 is 2.60 bits per heavy atom. The average Bonchev–Trinajstić information content (AvgIpc) is 2.73. The van der Waals surface area contributed by atoms with E-state index in [4.69, 9.17) is 5.11 Å². The first-order valence-corrected chi connectivity index (χ1v) is 5.58. The van der Waals surface area contributed by atoms with E-state index in [0.717, 1.165) is 18.2 Å². The van der Waals surface area contributed by atoms with Crippen LogP contribution >= 0.6 is 0 Å². The molecule has 0 atom stereocenters. The summed E-state index contributed by atoms with van der Waals surface area (Å²) in [5, 5.41) is 11.2. The molecule has 2 rings (SSSR count). The van der Waals surface area contributed by atoms with Crippen molar-refractivity contribution >= 4 is 17.6 Å². The Morgan fingerprint density at radius 1 is 1.25 bits per heavy atom. The number of amides is 1. The minimum Gasteiger partial charge on any atom is -0.477 e. The zero-order valence-electron chi connectivity index (χ0n) is 10.3. The van der Waals surface area contributed by atoms with Crippen molar-refractivity contribution in [1.82, 2.24) is 4.98 Å². The van der Waals surface area contributed by atoms with Crippen molar-refractivity contribution in [3.63, 3.8) is 0 Å². The van der Waals surface area contributed by atoms with Gasteiger partial charge in [-0.15, -0.1) is 0 Å². The summed E-state index contributed by atoms with van der Waals surface area (Å²) >= 11 is 0. The summed E-state index contributed by atoms with van der Waals surface area (Å²) in [4.78, 5) is 25.3. The van der Waals surface area contributed by atoms with Gasteiger partial charge in [0.05, 0.1) is 11.3 Å². The molecule has 0 saturated heterocycles. The van der Waals surface area contributed by atoms with Crippen LogP contribution in [0.2, 0.25) is 0 Å². The Hall–Kier alpha value is -2.70. The number of benzene rings is 1. The average molecular weight is 280 g/mol. The first-order chi connectivity index (χ1) is 9.38. The van der Waals surface area contributed by atoms with Gasteiger partial charge in [-0.3, -0.25) is 4.79 Å². The van der Waals surface area contributed by atoms with Crippen LogP contribution in [0.1, 0.15) is 26.5 Å². The van der Waals surface area contributed by atoms with Crippen molar-refractivity contribution in [2.45, 2.75) is 6.92 Å². The molecule has 0 bridgehead atoms. The summed E-state index contributed by atoms with van der Waals surface area (Å²) in [7, 11) is 0. The third-order valence-electron chi connectivity index (χ3n) is 2.59. The molecule has 0 fully saturated rings. The van der Waals surface area contributed by atoms with Gasteiger partial charge in [0.2, 0.25) is 0 Å². The predicted molar refractivity (Wildman–Crippen MR) is 66.8 cm³/mol. The van der Waals surface area contributed by atoms with Crippen LogP contribution in [0.3, 0.4) is 0 Å². The lowest BCUT2D eigenvalue weighted by molar-refractivity contribution is 0.0692. The molecule has 3 N–H and O–H groups in total. The number of halogens is 2. The van der Waals surface area contributed by atoms with Gasteiger partial charge in [0.25, 0.3) is 5.91 Å². The van der Waals surface area contributed by atoms with Gasteiger partial charge in [0.15, 0.2) is 0 Å². The molecule has 5 nitrogen and oxygen atoms in total. The Morgan fingerprint density at radius 2 is 1.95 bits per heavy atom. The van der Waals surface area contributed by atoms with Crippen LogP contribution in [0, 0.1) is 18.6 Å². The molecule has 0 spiro atoms. The van der Waals surface area contributed by atoms with Crippen molar-refractivity contribution in [3.8, 4) is 0 Å². The minimum absolute atomic E-state index is 0.0105. The maximum Gasteiger partial charge on any atom is 0.354 e. The summed E-state index contributed by atoms with van der Waals surface area (Å²) in [6, 6.07) is 3.84. The maximum absolute atomic E-state index is 13.4. The molecule has 0 aliphatic carbocycles. The summed E-state index contributed by atoms with van der Waals surface area (Å²) in [6.07, 6.45) is 0. The van der Waals surface area contributed by atoms with Crippen LogP contribution in [-0.2, 0) is 0 Å². The van der Waals surface area contributed by atoms with Crippen LogP contribution in [-0.4, -0.2) is 22.0 Å². The van der Waals surface area contributed by atoms with Crippen LogP contribution < -0.4 is 5.32 Å². The smallest absolute Gasteiger partial charge is 0.354 e. The number of aromatic amines is 1. The molecular weight excluding hydrogens is 270 g/mol. The lowest BCUT2D eigenvalue weighted by Crippen LogP contribution is -2.15. The van der Waals surface area contributed by atoms with E-state index in [1.165, 1.54) is 6.07 Å². The van der Waals surface area contributed by atoms with Crippen molar-refractivity contribution < 1.29 is 23.5 Å². The van der Waals surface area contributed by atoms with Crippen LogP contribution in [0.5, 0.6) is 0 Å². The van der Waals surface area contributed by atoms with Crippen molar-refractivity contribution in [2.24, 2.45) is 0 Å². The van der Waals surface area contributed by atoms with E-state index in [9.17, 15) is 18.4 Å². The largest absolute Gasteiger partial charge is 0.477 e. The fraction of sp³-hybridized carbons (Fsp3) is 0.0769. The Balaban J connectivity index is 2.32. The maximum atomic E-state index is 13.4. The fourth-order valence-electron chi connectivity index (χ4n) is 1.72. The molecular formula is C13H10F2N2O3. The fourth-order valence-corrected chi connectivity index (χ4v) is 1.72. The summed E-state index contributed by atoms with van der Waals surface area (Å²) < 4.78 is 26.4. The van der Waals surface area contributed by atoms with Gasteiger partial charge < -0.3 is 15.4 Å². The molecule has 0 radical (unpaired) electrons. The molecule has 1 aromatic carbocycles. The minimum atomic E-state index is -1.27. The van der Waals surface area contributed by atoms with Crippen molar-refractivity contribution in [3.05, 3.63) is 52.9 Å². The Labute approximate surface area is 112 Å². The monoisotopic (exact) mass is 280 g/mol. The third kappa shape index (κ3) is 2.66. The lowest BCUT2D eigenvalue weighted by atomic mass is 10.2. The number of hydrogen-bond acceptors (Lipinski definition) is 2. The molecule has 7 heteroatoms. The summed E-state index contributed by atoms with van der Waals surface area (Å²) in [6.45, 7) is 1.60. The second-order valence-corrected chi connectivity index (χ2v) is 4.12. The molecule has 1 aromatic heterocycles. The van der Waals surface area contributed by atoms with E-state index in [2.05, 4.69) is 10.3 Å². The highest BCUT2D eigenvalue weighted by Crippen LogP contribution is 2.19. The number of carbonyl (C=O) groups is 2. The van der Waals surface area contributed by atoms with Crippen LogP contribution in [0.15, 0.2) is 24.3 Å². The number of rotatable bonds is 3. The van der Waals surface area contributed by atoms with E-state index in [1.807, 2.05) is 0 Å². The number of H-pyrrole nitrogens is 1. The number of aromatic carboxylic acids is 1. The van der Waals surface area contributed by atoms with Crippen LogP contribution in [0.25, 0.3) is 0 Å². The van der Waals surface area contributed by atoms with Crippen LogP contribution in [0.4, 0.5) is 14.5 Å². The van der Waals surface area contributed by atoms with Gasteiger partial charge >= 0.3 is 5.97 Å². The normalized spacial score (nSPS) is 10.3. The van der Waals surface area contributed by atoms with E-state index in [0.29, 0.717) is 5.69 Å². The number of nitrogens with one attached hydrogen (secondary N) is 2. The number of aryl methyl sites for hydroxylation is 1. The Kier molecular flexibility index (Phi) is 3.51. The predicted octanol–water partition coefficient (Wildman–Crippen LogP) is 2.55. The summed E-state index contributed by atoms with van der Waals surface area (Å²) in [5.74, 6) is -3.86. The first kappa shape index (κ1) is 13.7. The standard InChI is InChI=1S/C13H10F2N2O3/c1-6-4-10(11(16-6)13(19)20)17-12(18)8-5-7(14)2-3-9(8)15/h2-5,16H,1H3,(H,17,18)(H,19,20). The molecule has 0 unspecified atom stereocenters. The molecule has 0 aliphatic heterocycles. The molecule has 20 heavy (non-hydrogen) atoms. The number of carboxylic acids is 1. The quantitative estimate of drug-likeness (QED) is 0.808. The number of carbonyl (C=O) groups excluding carboxylic acids is 1. The van der Waals surface area contributed by atoms with Gasteiger partial charge in [0, 0.05) is 5.69 Å². The third-order valence-corrected chi connectivity index (χ3v) is 2.59. The van der Waals surface area contributed by atoms with Gasteiger partial charge in [-0.25, -0.2) is 13.6 Å². The molecule has 0 saturated carbocycles. The zero-order valence-corrected chi connectivity index (χ0v) is 10.3. The van der Waals surface area contributed by atoms with E-state index < -0.39 is 29.1 Å². The van der Waals surface area contributed by atoms with Gasteiger partial charge in [-0.05, 0) is 31.2 Å². The first-order valence-electron chi connectivity index (χ1n) is 5.58. The molecule has 1 heterocycles. The zero-order chi connectivity index (χ0) is 14.9. The van der Waals surface area contributed by atoms with Gasteiger partial charge in [-0.1, -0.05) is 0 Å².